The molecule has 0 fully saturated rings. The molecule has 0 amide bonds. The molecule has 0 aliphatic carbocycles. The van der Waals surface area contributed by atoms with Crippen LogP contribution in [0.15, 0.2) is 59.4 Å². The first-order valence-corrected chi connectivity index (χ1v) is 15.4. The molecule has 0 aromatic heterocycles. The van der Waals surface area contributed by atoms with Crippen molar-refractivity contribution in [3.63, 3.8) is 0 Å². The predicted molar refractivity (Wildman–Crippen MR) is 176 cm³/mol. The first-order valence-electron chi connectivity index (χ1n) is 15.4. The fourth-order valence-electron chi connectivity index (χ4n) is 6.53. The van der Waals surface area contributed by atoms with Crippen molar-refractivity contribution >= 4 is 16.7 Å². The third kappa shape index (κ3) is 5.56. The SMILES string of the molecule is O=C(O[C@@H]1Cc2c(O)cc(O)cc2OC1c1cc(O)c(O)c2c(O)c(=O)cc([C@H]3Oc4cc(O)cc(O)c4C[C@H]3O)cc12)c1cc(O)c(O)c(O)c1. The van der Waals surface area contributed by atoms with Crippen molar-refractivity contribution in [3.8, 4) is 69.0 Å². The van der Waals surface area contributed by atoms with Crippen LogP contribution >= 0.6 is 0 Å². The Hall–Kier alpha value is -6.94. The lowest BCUT2D eigenvalue weighted by molar-refractivity contribution is -0.0184. The van der Waals surface area contributed by atoms with E-state index >= 15 is 0 Å². The van der Waals surface area contributed by atoms with Crippen LogP contribution in [0.2, 0.25) is 0 Å². The Morgan fingerprint density at radius 1 is 0.615 bits per heavy atom. The summed E-state index contributed by atoms with van der Waals surface area (Å²) < 4.78 is 17.8. The maximum absolute atomic E-state index is 13.4. The standard InChI is InChI=1S/C36H28O16/c37-14-5-20(39)18-10-26(45)34(50-27(18)7-14)12-1-16-17(9-25(44)33(48)30(16)32(47)24(43)2-12)35-29(11-19-21(40)6-15(38)8-28(19)51-35)52-36(49)13-3-22(41)31(46)23(42)4-13/h1-9,26,29,34-35,37-42,44-46,48H,10-11H2,(H,43,47)/t26-,29-,34-,35?/m1/s1. The summed E-state index contributed by atoms with van der Waals surface area (Å²) in [6.07, 6.45) is -6.29. The van der Waals surface area contributed by atoms with Gasteiger partial charge in [0.2, 0.25) is 5.43 Å². The quantitative estimate of drug-likeness (QED) is 0.0940. The molecular formula is C36H28O16. The minimum Gasteiger partial charge on any atom is -0.508 e. The number of phenolic OH excluding ortho intramolecular Hbond substituents is 9. The van der Waals surface area contributed by atoms with Gasteiger partial charge in [-0.1, -0.05) is 0 Å². The highest BCUT2D eigenvalue weighted by molar-refractivity contribution is 5.98. The number of fused-ring (bicyclic) bond motifs is 3. The maximum Gasteiger partial charge on any atom is 0.338 e. The van der Waals surface area contributed by atoms with Crippen LogP contribution < -0.4 is 14.9 Å². The fourth-order valence-corrected chi connectivity index (χ4v) is 6.53. The second-order valence-electron chi connectivity index (χ2n) is 12.4. The molecular weight excluding hydrogens is 688 g/mol. The number of esters is 1. The molecule has 2 aliphatic heterocycles. The Balaban J connectivity index is 1.42. The number of ether oxygens (including phenoxy) is 3. The number of phenols is 9. The molecule has 0 spiro atoms. The second-order valence-corrected chi connectivity index (χ2v) is 12.4. The summed E-state index contributed by atoms with van der Waals surface area (Å²) in [6.45, 7) is 0. The number of hydrogen-bond donors (Lipinski definition) is 11. The summed E-state index contributed by atoms with van der Waals surface area (Å²) in [5, 5.41) is 114. The van der Waals surface area contributed by atoms with Gasteiger partial charge in [-0.25, -0.2) is 4.79 Å². The average Bonchev–Trinajstić information content (AvgIpc) is 3.20. The molecule has 268 valence electrons. The number of carbonyl (C=O) groups is 1. The van der Waals surface area contributed by atoms with Crippen LogP contribution in [0, 0.1) is 0 Å². The van der Waals surface area contributed by atoms with Gasteiger partial charge < -0.3 is 70.4 Å². The highest BCUT2D eigenvalue weighted by atomic mass is 16.6. The molecule has 1 unspecified atom stereocenters. The Bertz CT molecular complexity index is 2370. The predicted octanol–water partition coefficient (Wildman–Crippen LogP) is 3.19. The van der Waals surface area contributed by atoms with E-state index in [0.29, 0.717) is 0 Å². The smallest absolute Gasteiger partial charge is 0.338 e. The van der Waals surface area contributed by atoms with E-state index in [2.05, 4.69) is 0 Å². The molecule has 0 saturated heterocycles. The maximum atomic E-state index is 13.4. The van der Waals surface area contributed by atoms with Crippen LogP contribution in [0.1, 0.15) is 44.8 Å². The molecule has 11 N–H and O–H groups in total. The van der Waals surface area contributed by atoms with Gasteiger partial charge in [0.15, 0.2) is 40.6 Å². The number of hydrogen-bond acceptors (Lipinski definition) is 16. The van der Waals surface area contributed by atoms with Gasteiger partial charge in [0.05, 0.1) is 17.1 Å². The van der Waals surface area contributed by atoms with E-state index in [9.17, 15) is 65.8 Å². The summed E-state index contributed by atoms with van der Waals surface area (Å²) in [4.78, 5) is 26.7. The van der Waals surface area contributed by atoms with Gasteiger partial charge in [0, 0.05) is 53.8 Å². The van der Waals surface area contributed by atoms with E-state index in [0.717, 1.165) is 42.5 Å². The minimum absolute atomic E-state index is 0.0221. The zero-order chi connectivity index (χ0) is 37.3. The van der Waals surface area contributed by atoms with Gasteiger partial charge in [-0.2, -0.15) is 0 Å². The first-order chi connectivity index (χ1) is 24.6. The van der Waals surface area contributed by atoms with Gasteiger partial charge in [0.25, 0.3) is 0 Å². The molecule has 4 atom stereocenters. The van der Waals surface area contributed by atoms with Crippen LogP contribution in [-0.2, 0) is 17.6 Å². The van der Waals surface area contributed by atoms with Gasteiger partial charge in [-0.15, -0.1) is 0 Å². The van der Waals surface area contributed by atoms with Gasteiger partial charge in [-0.05, 0) is 41.3 Å². The van der Waals surface area contributed by atoms with E-state index in [-0.39, 0.29) is 63.5 Å². The van der Waals surface area contributed by atoms with Crippen LogP contribution in [0.5, 0.6) is 69.0 Å². The molecule has 16 heteroatoms. The second kappa shape index (κ2) is 12.1. The van der Waals surface area contributed by atoms with Crippen molar-refractivity contribution in [2.75, 3.05) is 0 Å². The zero-order valence-electron chi connectivity index (χ0n) is 26.4. The van der Waals surface area contributed by atoms with Crippen molar-refractivity contribution in [3.05, 3.63) is 92.6 Å². The van der Waals surface area contributed by atoms with Crippen LogP contribution in [0.3, 0.4) is 0 Å². The number of rotatable bonds is 4. The number of aromatic hydroxyl groups is 10. The molecule has 0 radical (unpaired) electrons. The number of carbonyl (C=O) groups excluding carboxylic acids is 1. The lowest BCUT2D eigenvalue weighted by Gasteiger charge is -2.34. The van der Waals surface area contributed by atoms with Crippen molar-refractivity contribution in [2.24, 2.45) is 0 Å². The number of aliphatic hydroxyl groups is 1. The van der Waals surface area contributed by atoms with E-state index < -0.39 is 92.8 Å². The lowest BCUT2D eigenvalue weighted by Crippen LogP contribution is -2.35. The van der Waals surface area contributed by atoms with Crippen molar-refractivity contribution < 1.29 is 75.2 Å². The van der Waals surface area contributed by atoms with E-state index in [1.54, 1.807) is 0 Å². The largest absolute Gasteiger partial charge is 0.508 e. The van der Waals surface area contributed by atoms with Crippen molar-refractivity contribution in [1.29, 1.82) is 0 Å². The molecule has 0 bridgehead atoms. The van der Waals surface area contributed by atoms with Crippen molar-refractivity contribution in [2.45, 2.75) is 37.3 Å². The lowest BCUT2D eigenvalue weighted by atomic mass is 9.89. The van der Waals surface area contributed by atoms with E-state index in [1.807, 2.05) is 0 Å². The molecule has 2 aliphatic rings. The Morgan fingerprint density at radius 3 is 1.79 bits per heavy atom. The van der Waals surface area contributed by atoms with Crippen LogP contribution in [0.25, 0.3) is 10.8 Å². The average molecular weight is 717 g/mol. The summed E-state index contributed by atoms with van der Waals surface area (Å²) >= 11 is 0. The Kier molecular flexibility index (Phi) is 7.83. The third-order valence-electron chi connectivity index (χ3n) is 8.98. The number of aliphatic hydroxyl groups excluding tert-OH is 1. The monoisotopic (exact) mass is 716 g/mol. The van der Waals surface area contributed by atoms with Gasteiger partial charge in [-0.3, -0.25) is 4.79 Å². The minimum atomic E-state index is -1.53. The van der Waals surface area contributed by atoms with E-state index in [4.69, 9.17) is 14.2 Å². The molecule has 52 heavy (non-hydrogen) atoms. The Labute approximate surface area is 290 Å². The fraction of sp³-hybridized carbons (Fsp3) is 0.167. The normalized spacial score (nSPS) is 19.2. The first kappa shape index (κ1) is 33.6. The Morgan fingerprint density at radius 2 is 1.17 bits per heavy atom. The third-order valence-corrected chi connectivity index (χ3v) is 8.98. The highest BCUT2D eigenvalue weighted by Gasteiger charge is 2.39. The zero-order valence-corrected chi connectivity index (χ0v) is 26.4. The summed E-state index contributed by atoms with van der Waals surface area (Å²) in [5.41, 5.74) is -1.50. The summed E-state index contributed by atoms with van der Waals surface area (Å²) in [6, 6.07) is 9.16. The molecule has 5 aromatic carbocycles. The van der Waals surface area contributed by atoms with Crippen molar-refractivity contribution in [1.82, 2.24) is 0 Å². The van der Waals surface area contributed by atoms with Crippen LogP contribution in [0.4, 0.5) is 0 Å². The molecule has 2 heterocycles. The summed E-state index contributed by atoms with van der Waals surface area (Å²) in [5.74, 6) is -8.30. The van der Waals surface area contributed by atoms with Gasteiger partial charge in [0.1, 0.15) is 46.7 Å². The van der Waals surface area contributed by atoms with Gasteiger partial charge >= 0.3 is 5.97 Å². The molecule has 7 rings (SSSR count). The topological polar surface area (TPSA) is 284 Å². The van der Waals surface area contributed by atoms with E-state index in [1.165, 1.54) is 12.1 Å². The molecule has 5 aromatic rings. The summed E-state index contributed by atoms with van der Waals surface area (Å²) in [7, 11) is 0. The highest BCUT2D eigenvalue weighted by Crippen LogP contribution is 2.49. The van der Waals surface area contributed by atoms with Crippen LogP contribution in [-0.4, -0.2) is 74.3 Å². The molecule has 0 saturated carbocycles. The molecule has 16 nitrogen and oxygen atoms in total. The number of benzene rings is 4.